The summed E-state index contributed by atoms with van der Waals surface area (Å²) in [6.07, 6.45) is 4.49. The Morgan fingerprint density at radius 2 is 2.14 bits per heavy atom. The number of aryl methyl sites for hydroxylation is 1. The number of esters is 1. The average Bonchev–Trinajstić information content (AvgIpc) is 2.97. The molecule has 2 aliphatic rings. The first kappa shape index (κ1) is 15.5. The van der Waals surface area contributed by atoms with Crippen molar-refractivity contribution in [2.24, 2.45) is 0 Å². The normalized spacial score (nSPS) is 24.7. The predicted molar refractivity (Wildman–Crippen MR) is 83.0 cm³/mol. The first-order valence-electron chi connectivity index (χ1n) is 7.78. The number of rotatable bonds is 2. The summed E-state index contributed by atoms with van der Waals surface area (Å²) >= 11 is 1.48. The Hall–Kier alpha value is -1.40. The van der Waals surface area contributed by atoms with Gasteiger partial charge < -0.3 is 14.7 Å². The van der Waals surface area contributed by atoms with Crippen molar-refractivity contribution in [2.75, 3.05) is 13.7 Å². The number of ether oxygens (including phenoxy) is 1. The number of hydrogen-bond acceptors (Lipinski definition) is 5. The summed E-state index contributed by atoms with van der Waals surface area (Å²) in [6.45, 7) is 0.395. The highest BCUT2D eigenvalue weighted by Gasteiger charge is 2.38. The van der Waals surface area contributed by atoms with Crippen LogP contribution in [0.15, 0.2) is 5.38 Å². The lowest BCUT2D eigenvalue weighted by Crippen LogP contribution is -2.51. The van der Waals surface area contributed by atoms with Crippen molar-refractivity contribution >= 4 is 23.2 Å². The zero-order valence-corrected chi connectivity index (χ0v) is 13.5. The lowest BCUT2D eigenvalue weighted by Gasteiger charge is -2.36. The van der Waals surface area contributed by atoms with Gasteiger partial charge in [-0.15, -0.1) is 11.3 Å². The first-order valence-corrected chi connectivity index (χ1v) is 8.66. The van der Waals surface area contributed by atoms with Crippen LogP contribution in [0.5, 0.6) is 0 Å². The van der Waals surface area contributed by atoms with Gasteiger partial charge in [0.15, 0.2) is 0 Å². The number of aliphatic hydroxyl groups excluding tert-OH is 1. The molecule has 1 aromatic heterocycles. The molecule has 0 aromatic carbocycles. The number of thiophene rings is 1. The molecule has 5 nitrogen and oxygen atoms in total. The average molecular weight is 323 g/mol. The van der Waals surface area contributed by atoms with Crippen LogP contribution in [0.2, 0.25) is 0 Å². The van der Waals surface area contributed by atoms with Crippen molar-refractivity contribution < 1.29 is 19.4 Å². The molecule has 0 spiro atoms. The van der Waals surface area contributed by atoms with Crippen molar-refractivity contribution in [3.63, 3.8) is 0 Å². The molecule has 0 radical (unpaired) electrons. The Morgan fingerprint density at radius 3 is 2.91 bits per heavy atom. The number of hydrogen-bond donors (Lipinski definition) is 1. The molecule has 1 fully saturated rings. The molecule has 0 bridgehead atoms. The molecule has 1 amide bonds. The lowest BCUT2D eigenvalue weighted by molar-refractivity contribution is -0.148. The highest BCUT2D eigenvalue weighted by Crippen LogP contribution is 2.32. The third-order valence-electron chi connectivity index (χ3n) is 4.61. The number of methoxy groups -OCH3 is 1. The van der Waals surface area contributed by atoms with Crippen molar-refractivity contribution in [3.8, 4) is 0 Å². The van der Waals surface area contributed by atoms with E-state index in [-0.39, 0.29) is 12.3 Å². The van der Waals surface area contributed by atoms with Gasteiger partial charge in [0.2, 0.25) is 0 Å². The molecule has 6 heteroatoms. The number of fused-ring (bicyclic) bond motifs is 1. The fraction of sp³-hybridized carbons (Fsp3) is 0.625. The van der Waals surface area contributed by atoms with Crippen molar-refractivity contribution in [1.29, 1.82) is 0 Å². The van der Waals surface area contributed by atoms with Gasteiger partial charge in [-0.25, -0.2) is 4.79 Å². The van der Waals surface area contributed by atoms with E-state index in [0.717, 1.165) is 29.7 Å². The topological polar surface area (TPSA) is 66.8 Å². The standard InChI is InChI=1S/C16H21NO4S/c1-21-16(20)13-8-11(18)6-7-17(13)15(19)14-12-5-3-2-4-10(12)9-22-14/h9,11,13,18H,2-8H2,1H3/t11-,13+/m1/s1. The van der Waals surface area contributed by atoms with Crippen LogP contribution in [0, 0.1) is 0 Å². The summed E-state index contributed by atoms with van der Waals surface area (Å²) < 4.78 is 4.81. The summed E-state index contributed by atoms with van der Waals surface area (Å²) in [5.41, 5.74) is 2.45. The number of likely N-dealkylation sites (tertiary alicyclic amines) is 1. The van der Waals surface area contributed by atoms with E-state index in [1.807, 2.05) is 0 Å². The summed E-state index contributed by atoms with van der Waals surface area (Å²) in [7, 11) is 1.32. The Bertz CT molecular complexity index is 583. The quantitative estimate of drug-likeness (QED) is 0.842. The monoisotopic (exact) mass is 323 g/mol. The molecule has 2 heterocycles. The molecular weight excluding hydrogens is 302 g/mol. The minimum absolute atomic E-state index is 0.0875. The molecule has 1 aromatic rings. The van der Waals surface area contributed by atoms with Crippen molar-refractivity contribution in [2.45, 2.75) is 50.7 Å². The lowest BCUT2D eigenvalue weighted by atomic mass is 9.93. The molecule has 2 atom stereocenters. The maximum Gasteiger partial charge on any atom is 0.328 e. The summed E-state index contributed by atoms with van der Waals surface area (Å²) in [6, 6.07) is -0.678. The molecule has 3 rings (SSSR count). The molecule has 1 aliphatic carbocycles. The van der Waals surface area contributed by atoms with Crippen LogP contribution >= 0.6 is 11.3 Å². The molecule has 120 valence electrons. The van der Waals surface area contributed by atoms with Crippen LogP contribution in [-0.2, 0) is 22.4 Å². The van der Waals surface area contributed by atoms with Gasteiger partial charge in [-0.05, 0) is 48.6 Å². The Labute approximate surface area is 133 Å². The minimum Gasteiger partial charge on any atom is -0.467 e. The van der Waals surface area contributed by atoms with Crippen molar-refractivity contribution in [1.82, 2.24) is 4.90 Å². The second kappa shape index (κ2) is 6.38. The number of nitrogens with zero attached hydrogens (tertiary/aromatic N) is 1. The number of carbonyl (C=O) groups excluding carboxylic acids is 2. The number of aliphatic hydroxyl groups is 1. The third kappa shape index (κ3) is 2.77. The van der Waals surface area contributed by atoms with Crippen molar-refractivity contribution in [3.05, 3.63) is 21.4 Å². The van der Waals surface area contributed by atoms with Gasteiger partial charge >= 0.3 is 5.97 Å². The maximum absolute atomic E-state index is 12.9. The summed E-state index contributed by atoms with van der Waals surface area (Å²) in [5, 5.41) is 11.9. The number of amides is 1. The zero-order chi connectivity index (χ0) is 15.7. The molecule has 22 heavy (non-hydrogen) atoms. The van der Waals surface area contributed by atoms with E-state index in [1.54, 1.807) is 4.90 Å². The number of piperidine rings is 1. The van der Waals surface area contributed by atoms with Crippen LogP contribution in [0.3, 0.4) is 0 Å². The van der Waals surface area contributed by atoms with Gasteiger partial charge in [0.05, 0.1) is 18.1 Å². The molecule has 0 unspecified atom stereocenters. The van der Waals surface area contributed by atoms with Gasteiger partial charge in [-0.2, -0.15) is 0 Å². The van der Waals surface area contributed by atoms with E-state index < -0.39 is 18.1 Å². The summed E-state index contributed by atoms with van der Waals surface area (Å²) in [4.78, 5) is 27.2. The molecule has 1 aliphatic heterocycles. The van der Waals surface area contributed by atoms with E-state index in [1.165, 1.54) is 30.4 Å². The molecule has 1 saturated heterocycles. The third-order valence-corrected chi connectivity index (χ3v) is 5.67. The van der Waals surface area contributed by atoms with E-state index in [0.29, 0.717) is 13.0 Å². The van der Waals surface area contributed by atoms with E-state index in [4.69, 9.17) is 4.74 Å². The van der Waals surface area contributed by atoms with E-state index in [9.17, 15) is 14.7 Å². The Balaban J connectivity index is 1.86. The van der Waals surface area contributed by atoms with Crippen LogP contribution in [-0.4, -0.2) is 47.7 Å². The van der Waals surface area contributed by atoms with Crippen LogP contribution < -0.4 is 0 Å². The second-order valence-corrected chi connectivity index (χ2v) is 6.87. The number of carbonyl (C=O) groups is 2. The van der Waals surface area contributed by atoms with Crippen LogP contribution in [0.25, 0.3) is 0 Å². The first-order chi connectivity index (χ1) is 10.6. The second-order valence-electron chi connectivity index (χ2n) is 5.99. The van der Waals surface area contributed by atoms with E-state index in [2.05, 4.69) is 5.38 Å². The molecule has 0 saturated carbocycles. The fourth-order valence-electron chi connectivity index (χ4n) is 3.38. The van der Waals surface area contributed by atoms with E-state index >= 15 is 0 Å². The highest BCUT2D eigenvalue weighted by atomic mass is 32.1. The highest BCUT2D eigenvalue weighted by molar-refractivity contribution is 7.12. The van der Waals surface area contributed by atoms with Gasteiger partial charge in [0, 0.05) is 13.0 Å². The van der Waals surface area contributed by atoms with Crippen LogP contribution in [0.4, 0.5) is 0 Å². The Morgan fingerprint density at radius 1 is 1.36 bits per heavy atom. The fourth-order valence-corrected chi connectivity index (χ4v) is 4.49. The largest absolute Gasteiger partial charge is 0.467 e. The van der Waals surface area contributed by atoms with Crippen LogP contribution in [0.1, 0.15) is 46.5 Å². The smallest absolute Gasteiger partial charge is 0.328 e. The molecule has 1 N–H and O–H groups in total. The minimum atomic E-state index is -0.678. The maximum atomic E-state index is 12.9. The molecular formula is C16H21NO4S. The SMILES string of the molecule is COC(=O)[C@@H]1C[C@H](O)CCN1C(=O)c1scc2c1CCCC2. The Kier molecular flexibility index (Phi) is 4.49. The zero-order valence-electron chi connectivity index (χ0n) is 12.7. The van der Waals surface area contributed by atoms with Gasteiger partial charge in [0.25, 0.3) is 5.91 Å². The summed E-state index contributed by atoms with van der Waals surface area (Å²) in [5.74, 6) is -0.534. The van der Waals surface area contributed by atoms with Gasteiger partial charge in [-0.1, -0.05) is 0 Å². The predicted octanol–water partition coefficient (Wildman–Crippen LogP) is 1.77. The van der Waals surface area contributed by atoms with Gasteiger partial charge in [0.1, 0.15) is 6.04 Å². The van der Waals surface area contributed by atoms with Gasteiger partial charge in [-0.3, -0.25) is 4.79 Å².